The summed E-state index contributed by atoms with van der Waals surface area (Å²) in [6.07, 6.45) is 0. The second kappa shape index (κ2) is 5.56. The molecule has 2 heterocycles. The molecule has 0 aliphatic heterocycles. The van der Waals surface area contributed by atoms with Gasteiger partial charge in [-0.3, -0.25) is 0 Å². The fourth-order valence-corrected chi connectivity index (χ4v) is 9.74. The van der Waals surface area contributed by atoms with E-state index in [1.54, 1.807) is 7.11 Å². The zero-order valence-corrected chi connectivity index (χ0v) is 14.1. The molecule has 1 nitrogen and oxygen atoms in total. The first-order valence-corrected chi connectivity index (χ1v) is 10.7. The van der Waals surface area contributed by atoms with E-state index in [9.17, 15) is 0 Å². The Hall–Kier alpha value is -1.36. The van der Waals surface area contributed by atoms with Crippen LogP contribution in [-0.4, -0.2) is 15.2 Å². The molecule has 0 atom stereocenters. The minimum absolute atomic E-state index is 0.919. The molecule has 0 N–H and O–H groups in total. The third-order valence-corrected chi connectivity index (χ3v) is 12.0. The fraction of sp³-hybridized carbons (Fsp3) is 0.125. The normalized spacial score (nSPS) is 11.5. The van der Waals surface area contributed by atoms with Gasteiger partial charge in [0.2, 0.25) is 0 Å². The first kappa shape index (κ1) is 13.6. The molecule has 4 heteroatoms. The summed E-state index contributed by atoms with van der Waals surface area (Å²) in [4.78, 5) is 0. The molecule has 1 aromatic carbocycles. The summed E-state index contributed by atoms with van der Waals surface area (Å²) in [6, 6.07) is 17.5. The summed E-state index contributed by atoms with van der Waals surface area (Å²) >= 11 is 3.74. The van der Waals surface area contributed by atoms with Crippen molar-refractivity contribution in [1.29, 1.82) is 0 Å². The average Bonchev–Trinajstić information content (AvgIpc) is 3.19. The lowest BCUT2D eigenvalue weighted by Crippen LogP contribution is -2.62. The smallest absolute Gasteiger partial charge is 0.169 e. The molecule has 3 aromatic rings. The molecule has 20 heavy (non-hydrogen) atoms. The number of ether oxygens (including phenoxy) is 1. The second-order valence-electron chi connectivity index (χ2n) is 4.81. The Morgan fingerprint density at radius 2 is 1.40 bits per heavy atom. The van der Waals surface area contributed by atoms with Crippen LogP contribution in [0, 0.1) is 0 Å². The molecule has 0 saturated heterocycles. The van der Waals surface area contributed by atoms with Crippen molar-refractivity contribution in [3.8, 4) is 5.75 Å². The van der Waals surface area contributed by atoms with Gasteiger partial charge in [0.25, 0.3) is 0 Å². The highest BCUT2D eigenvalue weighted by Crippen LogP contribution is 2.15. The van der Waals surface area contributed by atoms with Gasteiger partial charge in [0.1, 0.15) is 5.75 Å². The Morgan fingerprint density at radius 3 is 1.80 bits per heavy atom. The van der Waals surface area contributed by atoms with Gasteiger partial charge in [0.05, 0.1) is 7.11 Å². The topological polar surface area (TPSA) is 9.23 Å². The quantitative estimate of drug-likeness (QED) is 0.673. The van der Waals surface area contributed by atoms with Crippen molar-refractivity contribution in [1.82, 2.24) is 0 Å². The highest BCUT2D eigenvalue weighted by molar-refractivity contribution is 7.39. The molecular weight excluding hydrogens is 300 g/mol. The molecule has 0 spiro atoms. The highest BCUT2D eigenvalue weighted by Gasteiger charge is 2.36. The van der Waals surface area contributed by atoms with E-state index in [0.717, 1.165) is 5.75 Å². The number of rotatable bonds is 4. The number of hydrogen-bond donors (Lipinski definition) is 0. The van der Waals surface area contributed by atoms with Crippen molar-refractivity contribution < 1.29 is 4.74 Å². The van der Waals surface area contributed by atoms with Crippen LogP contribution in [0.4, 0.5) is 0 Å². The Kier molecular flexibility index (Phi) is 3.78. The molecule has 3 rings (SSSR count). The van der Waals surface area contributed by atoms with E-state index in [2.05, 4.69) is 65.8 Å². The molecule has 0 bridgehead atoms. The zero-order valence-electron chi connectivity index (χ0n) is 11.5. The summed E-state index contributed by atoms with van der Waals surface area (Å²) in [7, 11) is -0.115. The molecule has 2 aromatic heterocycles. The summed E-state index contributed by atoms with van der Waals surface area (Å²) in [6.45, 7) is 2.44. The standard InChI is InChI=1S/C16H16OS2Si/c1-17-13-7-9-14(10-8-13)20(2,15-5-3-11-18-15)16-6-4-12-19-16/h3-12H,1-2H3. The summed E-state index contributed by atoms with van der Waals surface area (Å²) < 4.78 is 8.29. The van der Waals surface area contributed by atoms with E-state index in [1.807, 2.05) is 22.7 Å². The molecule has 0 amide bonds. The van der Waals surface area contributed by atoms with E-state index < -0.39 is 8.07 Å². The first-order valence-electron chi connectivity index (χ1n) is 6.47. The van der Waals surface area contributed by atoms with Gasteiger partial charge in [-0.25, -0.2) is 0 Å². The summed E-state index contributed by atoms with van der Waals surface area (Å²) in [5.74, 6) is 0.919. The van der Waals surface area contributed by atoms with Crippen LogP contribution < -0.4 is 18.9 Å². The maximum atomic E-state index is 5.28. The van der Waals surface area contributed by atoms with Crippen LogP contribution in [0.2, 0.25) is 6.55 Å². The number of hydrogen-bond acceptors (Lipinski definition) is 3. The minimum atomic E-state index is -1.83. The van der Waals surface area contributed by atoms with Crippen molar-refractivity contribution in [2.45, 2.75) is 6.55 Å². The Labute approximate surface area is 128 Å². The maximum Gasteiger partial charge on any atom is 0.169 e. The molecule has 102 valence electrons. The van der Waals surface area contributed by atoms with Gasteiger partial charge >= 0.3 is 0 Å². The lowest BCUT2D eigenvalue weighted by molar-refractivity contribution is 0.415. The van der Waals surface area contributed by atoms with E-state index >= 15 is 0 Å². The largest absolute Gasteiger partial charge is 0.497 e. The van der Waals surface area contributed by atoms with Gasteiger partial charge in [-0.1, -0.05) is 42.9 Å². The molecule has 0 radical (unpaired) electrons. The van der Waals surface area contributed by atoms with Crippen LogP contribution in [0.3, 0.4) is 0 Å². The lowest BCUT2D eigenvalue weighted by atomic mass is 10.3. The maximum absolute atomic E-state index is 5.28. The molecule has 0 fully saturated rings. The Morgan fingerprint density at radius 1 is 0.850 bits per heavy atom. The Bertz CT molecular complexity index is 623. The monoisotopic (exact) mass is 316 g/mol. The van der Waals surface area contributed by atoms with E-state index in [4.69, 9.17) is 4.74 Å². The summed E-state index contributed by atoms with van der Waals surface area (Å²) in [5.41, 5.74) is 0. The second-order valence-corrected chi connectivity index (χ2v) is 11.3. The van der Waals surface area contributed by atoms with Gasteiger partial charge in [-0.15, -0.1) is 0 Å². The van der Waals surface area contributed by atoms with Crippen molar-refractivity contribution in [2.75, 3.05) is 7.11 Å². The summed E-state index contributed by atoms with van der Waals surface area (Å²) in [5, 5.41) is 5.79. The number of thiophene rings is 2. The third kappa shape index (κ3) is 2.24. The number of benzene rings is 1. The van der Waals surface area contributed by atoms with Crippen molar-refractivity contribution in [3.05, 3.63) is 59.3 Å². The molecule has 0 saturated carbocycles. The van der Waals surface area contributed by atoms with Crippen LogP contribution in [0.25, 0.3) is 0 Å². The van der Waals surface area contributed by atoms with Crippen LogP contribution in [-0.2, 0) is 0 Å². The predicted molar refractivity (Wildman–Crippen MR) is 92.2 cm³/mol. The lowest BCUT2D eigenvalue weighted by Gasteiger charge is -2.25. The van der Waals surface area contributed by atoms with Crippen molar-refractivity contribution in [3.63, 3.8) is 0 Å². The van der Waals surface area contributed by atoms with E-state index in [0.29, 0.717) is 0 Å². The van der Waals surface area contributed by atoms with Crippen LogP contribution >= 0.6 is 22.7 Å². The minimum Gasteiger partial charge on any atom is -0.497 e. The predicted octanol–water partition coefficient (Wildman–Crippen LogP) is 2.92. The molecular formula is C16H16OS2Si. The molecule has 0 aliphatic rings. The van der Waals surface area contributed by atoms with Gasteiger partial charge in [0.15, 0.2) is 8.07 Å². The van der Waals surface area contributed by atoms with Gasteiger partial charge in [-0.05, 0) is 28.1 Å². The zero-order chi connectivity index (χ0) is 14.0. The van der Waals surface area contributed by atoms with Gasteiger partial charge in [-0.2, -0.15) is 22.7 Å². The van der Waals surface area contributed by atoms with Gasteiger partial charge in [0, 0.05) is 9.00 Å². The number of methoxy groups -OCH3 is 1. The van der Waals surface area contributed by atoms with Crippen LogP contribution in [0.5, 0.6) is 5.75 Å². The SMILES string of the molecule is COc1ccc([Si](C)(c2cccs2)c2cccs2)cc1. The molecule has 0 unspecified atom stereocenters. The van der Waals surface area contributed by atoms with Gasteiger partial charge < -0.3 is 4.74 Å². The van der Waals surface area contributed by atoms with Crippen molar-refractivity contribution in [2.24, 2.45) is 0 Å². The van der Waals surface area contributed by atoms with Crippen LogP contribution in [0.15, 0.2) is 59.3 Å². The first-order chi connectivity index (χ1) is 9.75. The Balaban J connectivity index is 2.15. The highest BCUT2D eigenvalue weighted by atomic mass is 32.1. The van der Waals surface area contributed by atoms with E-state index in [-0.39, 0.29) is 0 Å². The van der Waals surface area contributed by atoms with E-state index in [1.165, 1.54) is 14.2 Å². The average molecular weight is 317 g/mol. The molecule has 0 aliphatic carbocycles. The van der Waals surface area contributed by atoms with Crippen molar-refractivity contribution >= 4 is 44.9 Å². The third-order valence-electron chi connectivity index (χ3n) is 3.70. The fourth-order valence-electron chi connectivity index (χ4n) is 2.46. The van der Waals surface area contributed by atoms with Crippen LogP contribution in [0.1, 0.15) is 0 Å².